The van der Waals surface area contributed by atoms with Crippen LogP contribution in [0.3, 0.4) is 0 Å². The minimum Gasteiger partial charge on any atom is -0.497 e. The van der Waals surface area contributed by atoms with Crippen LogP contribution in [0.2, 0.25) is 0 Å². The molecule has 0 spiro atoms. The Morgan fingerprint density at radius 1 is 1.33 bits per heavy atom. The highest BCUT2D eigenvalue weighted by Gasteiger charge is 2.20. The van der Waals surface area contributed by atoms with Gasteiger partial charge >= 0.3 is 0 Å². The summed E-state index contributed by atoms with van der Waals surface area (Å²) in [6.45, 7) is 10.4. The molecule has 1 heterocycles. The first-order valence-electron chi connectivity index (χ1n) is 7.85. The van der Waals surface area contributed by atoms with E-state index in [9.17, 15) is 0 Å². The van der Waals surface area contributed by atoms with E-state index < -0.39 is 0 Å². The molecule has 2 rings (SSSR count). The molecule has 1 atom stereocenters. The van der Waals surface area contributed by atoms with E-state index in [-0.39, 0.29) is 0 Å². The smallest absolute Gasteiger partial charge is 0.118 e. The van der Waals surface area contributed by atoms with E-state index in [1.807, 2.05) is 12.1 Å². The van der Waals surface area contributed by atoms with E-state index in [4.69, 9.17) is 9.47 Å². The summed E-state index contributed by atoms with van der Waals surface area (Å²) in [7, 11) is 1.69. The average molecular weight is 292 g/mol. The molecule has 1 saturated heterocycles. The number of hydrogen-bond donors (Lipinski definition) is 1. The van der Waals surface area contributed by atoms with Crippen molar-refractivity contribution >= 4 is 0 Å². The summed E-state index contributed by atoms with van der Waals surface area (Å²) < 4.78 is 11.0. The van der Waals surface area contributed by atoms with Gasteiger partial charge in [-0.1, -0.05) is 26.0 Å². The Morgan fingerprint density at radius 3 is 2.76 bits per heavy atom. The summed E-state index contributed by atoms with van der Waals surface area (Å²) in [4.78, 5) is 2.51. The average Bonchev–Trinajstić information content (AvgIpc) is 2.48. The van der Waals surface area contributed by atoms with Crippen molar-refractivity contribution in [3.8, 4) is 5.75 Å². The lowest BCUT2D eigenvalue weighted by atomic mass is 10.1. The van der Waals surface area contributed by atoms with Crippen LogP contribution in [-0.2, 0) is 11.3 Å². The molecular weight excluding hydrogens is 264 g/mol. The Hall–Kier alpha value is -1.10. The Balaban J connectivity index is 1.69. The Morgan fingerprint density at radius 2 is 2.10 bits per heavy atom. The summed E-state index contributed by atoms with van der Waals surface area (Å²) in [6.07, 6.45) is 0.302. The molecule has 0 bridgehead atoms. The van der Waals surface area contributed by atoms with Crippen LogP contribution in [0.15, 0.2) is 24.3 Å². The lowest BCUT2D eigenvalue weighted by Crippen LogP contribution is -2.47. The molecule has 1 aliphatic heterocycles. The van der Waals surface area contributed by atoms with Gasteiger partial charge in [-0.3, -0.25) is 4.90 Å². The van der Waals surface area contributed by atoms with Crippen molar-refractivity contribution in [1.29, 1.82) is 0 Å². The minimum absolute atomic E-state index is 0.302. The van der Waals surface area contributed by atoms with Gasteiger partial charge in [-0.2, -0.15) is 0 Å². The summed E-state index contributed by atoms with van der Waals surface area (Å²) in [5.41, 5.74) is 1.27. The molecule has 0 aliphatic carbocycles. The maximum Gasteiger partial charge on any atom is 0.118 e. The zero-order valence-corrected chi connectivity index (χ0v) is 13.5. The molecule has 4 nitrogen and oxygen atoms in total. The maximum absolute atomic E-state index is 5.84. The highest BCUT2D eigenvalue weighted by Crippen LogP contribution is 2.11. The summed E-state index contributed by atoms with van der Waals surface area (Å²) in [6, 6.07) is 8.19. The first kappa shape index (κ1) is 16.3. The number of morpholine rings is 1. The third-order valence-electron chi connectivity index (χ3n) is 3.71. The number of nitrogens with zero attached hydrogens (tertiary/aromatic N) is 1. The van der Waals surface area contributed by atoms with Gasteiger partial charge in [-0.25, -0.2) is 0 Å². The molecule has 0 amide bonds. The maximum atomic E-state index is 5.84. The van der Waals surface area contributed by atoms with Gasteiger partial charge in [-0.15, -0.1) is 0 Å². The van der Waals surface area contributed by atoms with Crippen molar-refractivity contribution in [3.05, 3.63) is 29.8 Å². The van der Waals surface area contributed by atoms with E-state index in [0.29, 0.717) is 6.10 Å². The van der Waals surface area contributed by atoms with Crippen molar-refractivity contribution in [2.75, 3.05) is 39.9 Å². The van der Waals surface area contributed by atoms with Gasteiger partial charge in [0.2, 0.25) is 0 Å². The second-order valence-corrected chi connectivity index (χ2v) is 6.13. The molecule has 1 unspecified atom stereocenters. The fraction of sp³-hybridized carbons (Fsp3) is 0.647. The number of ether oxygens (including phenoxy) is 2. The van der Waals surface area contributed by atoms with Crippen LogP contribution in [0.1, 0.15) is 19.4 Å². The second kappa shape index (κ2) is 8.37. The number of hydrogen-bond acceptors (Lipinski definition) is 4. The largest absolute Gasteiger partial charge is 0.497 e. The number of rotatable bonds is 7. The zero-order valence-electron chi connectivity index (χ0n) is 13.5. The van der Waals surface area contributed by atoms with E-state index in [1.54, 1.807) is 7.11 Å². The summed E-state index contributed by atoms with van der Waals surface area (Å²) in [5, 5.41) is 3.49. The Kier molecular flexibility index (Phi) is 6.49. The van der Waals surface area contributed by atoms with Crippen molar-refractivity contribution in [1.82, 2.24) is 10.2 Å². The predicted octanol–water partition coefficient (Wildman–Crippen LogP) is 2.14. The SMILES string of the molecule is COc1ccc(CNCC2CN(CC(C)C)CCO2)cc1. The number of methoxy groups -OCH3 is 1. The Labute approximate surface area is 128 Å². The molecule has 1 fully saturated rings. The van der Waals surface area contributed by atoms with Gasteiger partial charge in [0.1, 0.15) is 5.75 Å². The summed E-state index contributed by atoms with van der Waals surface area (Å²) >= 11 is 0. The van der Waals surface area contributed by atoms with Gasteiger partial charge in [-0.05, 0) is 23.6 Å². The zero-order chi connectivity index (χ0) is 15.1. The van der Waals surface area contributed by atoms with E-state index in [2.05, 4.69) is 36.2 Å². The fourth-order valence-electron chi connectivity index (χ4n) is 2.71. The molecular formula is C17H28N2O2. The molecule has 21 heavy (non-hydrogen) atoms. The van der Waals surface area contributed by atoms with Crippen LogP contribution in [0.5, 0.6) is 5.75 Å². The quantitative estimate of drug-likeness (QED) is 0.835. The van der Waals surface area contributed by atoms with Crippen molar-refractivity contribution in [2.45, 2.75) is 26.5 Å². The van der Waals surface area contributed by atoms with Crippen molar-refractivity contribution in [3.63, 3.8) is 0 Å². The van der Waals surface area contributed by atoms with Crippen LogP contribution in [0.25, 0.3) is 0 Å². The molecule has 0 saturated carbocycles. The topological polar surface area (TPSA) is 33.7 Å². The van der Waals surface area contributed by atoms with E-state index in [1.165, 1.54) is 12.1 Å². The Bertz CT molecular complexity index is 406. The standard InChI is InChI=1S/C17H28N2O2/c1-14(2)12-19-8-9-21-17(13-19)11-18-10-15-4-6-16(20-3)7-5-15/h4-7,14,17-18H,8-13H2,1-3H3. The highest BCUT2D eigenvalue weighted by atomic mass is 16.5. The van der Waals surface area contributed by atoms with Crippen LogP contribution >= 0.6 is 0 Å². The monoisotopic (exact) mass is 292 g/mol. The predicted molar refractivity (Wildman–Crippen MR) is 85.7 cm³/mol. The minimum atomic E-state index is 0.302. The van der Waals surface area contributed by atoms with Gasteiger partial charge in [0, 0.05) is 32.7 Å². The van der Waals surface area contributed by atoms with E-state index in [0.717, 1.165) is 44.5 Å². The first-order chi connectivity index (χ1) is 10.2. The van der Waals surface area contributed by atoms with Gasteiger partial charge in [0.25, 0.3) is 0 Å². The second-order valence-electron chi connectivity index (χ2n) is 6.13. The van der Waals surface area contributed by atoms with E-state index >= 15 is 0 Å². The summed E-state index contributed by atoms with van der Waals surface area (Å²) in [5.74, 6) is 1.62. The molecule has 0 aromatic heterocycles. The molecule has 1 aromatic carbocycles. The lowest BCUT2D eigenvalue weighted by Gasteiger charge is -2.34. The number of nitrogens with one attached hydrogen (secondary N) is 1. The lowest BCUT2D eigenvalue weighted by molar-refractivity contribution is -0.0303. The molecule has 118 valence electrons. The highest BCUT2D eigenvalue weighted by molar-refractivity contribution is 5.26. The molecule has 1 aliphatic rings. The van der Waals surface area contributed by atoms with Crippen molar-refractivity contribution in [2.24, 2.45) is 5.92 Å². The van der Waals surface area contributed by atoms with Gasteiger partial charge in [0.05, 0.1) is 19.8 Å². The molecule has 1 N–H and O–H groups in total. The normalized spacial score (nSPS) is 19.9. The van der Waals surface area contributed by atoms with Gasteiger partial charge < -0.3 is 14.8 Å². The molecule has 4 heteroatoms. The van der Waals surface area contributed by atoms with Crippen LogP contribution in [0.4, 0.5) is 0 Å². The molecule has 0 radical (unpaired) electrons. The van der Waals surface area contributed by atoms with Gasteiger partial charge in [0.15, 0.2) is 0 Å². The number of benzene rings is 1. The molecule has 1 aromatic rings. The fourth-order valence-corrected chi connectivity index (χ4v) is 2.71. The van der Waals surface area contributed by atoms with Crippen molar-refractivity contribution < 1.29 is 9.47 Å². The van der Waals surface area contributed by atoms with Crippen LogP contribution < -0.4 is 10.1 Å². The first-order valence-corrected chi connectivity index (χ1v) is 7.85. The third kappa shape index (κ3) is 5.65. The van der Waals surface area contributed by atoms with Crippen LogP contribution in [0, 0.1) is 5.92 Å². The van der Waals surface area contributed by atoms with Crippen LogP contribution in [-0.4, -0.2) is 50.9 Å². The third-order valence-corrected chi connectivity index (χ3v) is 3.71.